The fourth-order valence-corrected chi connectivity index (χ4v) is 1.32. The van der Waals surface area contributed by atoms with E-state index >= 15 is 0 Å². The van der Waals surface area contributed by atoms with Crippen LogP contribution >= 0.6 is 11.6 Å². The van der Waals surface area contributed by atoms with Crippen LogP contribution in [0.5, 0.6) is 0 Å². The second-order valence-electron chi connectivity index (χ2n) is 3.07. The molecule has 0 bridgehead atoms. The molecule has 0 radical (unpaired) electrons. The average molecular weight is 196 g/mol. The third-order valence-corrected chi connectivity index (χ3v) is 2.00. The molecule has 13 heavy (non-hydrogen) atoms. The Bertz CT molecular complexity index is 341. The molecule has 0 aliphatic carbocycles. The number of halogens is 1. The van der Waals surface area contributed by atoms with E-state index in [0.717, 1.165) is 5.56 Å². The van der Waals surface area contributed by atoms with Gasteiger partial charge in [0.05, 0.1) is 18.2 Å². The van der Waals surface area contributed by atoms with Gasteiger partial charge in [-0.1, -0.05) is 25.4 Å². The summed E-state index contributed by atoms with van der Waals surface area (Å²) in [5.74, 6) is 0.306. The Hall–Kier alpha value is -1.14. The van der Waals surface area contributed by atoms with Gasteiger partial charge < -0.3 is 0 Å². The predicted octanol–water partition coefficient (Wildman–Crippen LogP) is 2.32. The zero-order chi connectivity index (χ0) is 9.84. The molecule has 0 saturated carbocycles. The lowest BCUT2D eigenvalue weighted by atomic mass is 10.1. The van der Waals surface area contributed by atoms with Crippen molar-refractivity contribution in [3.8, 4) is 6.07 Å². The van der Waals surface area contributed by atoms with Gasteiger partial charge in [-0.05, 0) is 17.5 Å². The third-order valence-electron chi connectivity index (χ3n) is 1.71. The zero-order valence-corrected chi connectivity index (χ0v) is 8.34. The first kappa shape index (κ1) is 9.94. The second kappa shape index (κ2) is 4.20. The summed E-state index contributed by atoms with van der Waals surface area (Å²) >= 11 is 5.83. The van der Waals surface area contributed by atoms with Crippen molar-refractivity contribution in [1.29, 1.82) is 5.26 Å². The van der Waals surface area contributed by atoms with E-state index in [1.54, 1.807) is 0 Å². The summed E-state index contributed by atoms with van der Waals surface area (Å²) in [7, 11) is 0. The first-order valence-electron chi connectivity index (χ1n) is 4.04. The van der Waals surface area contributed by atoms with Crippen molar-refractivity contribution in [3.63, 3.8) is 0 Å². The van der Waals surface area contributed by atoms with Gasteiger partial charge >= 0.3 is 0 Å². The van der Waals surface area contributed by atoms with E-state index in [4.69, 9.17) is 16.9 Å². The molecule has 0 N–H and O–H groups in total. The van der Waals surface area contributed by atoms with Crippen LogP contribution in [0.2, 0.25) is 5.15 Å². The fraction of sp³-hybridized carbons (Fsp3) is 0.444. The molecule has 0 aliphatic heterocycles. The van der Waals surface area contributed by atoms with Crippen LogP contribution in [-0.4, -0.2) is 10.2 Å². The number of nitriles is 1. The normalized spacial score (nSPS) is 10.1. The quantitative estimate of drug-likeness (QED) is 0.728. The van der Waals surface area contributed by atoms with Crippen molar-refractivity contribution in [2.45, 2.75) is 26.2 Å². The van der Waals surface area contributed by atoms with Crippen molar-refractivity contribution in [1.82, 2.24) is 10.2 Å². The van der Waals surface area contributed by atoms with Gasteiger partial charge in [-0.25, -0.2) is 0 Å². The molecule has 3 nitrogen and oxygen atoms in total. The van der Waals surface area contributed by atoms with Gasteiger partial charge in [0.1, 0.15) is 0 Å². The number of hydrogen-bond donors (Lipinski definition) is 0. The summed E-state index contributed by atoms with van der Waals surface area (Å²) in [5.41, 5.74) is 1.62. The molecule has 0 atom stereocenters. The highest BCUT2D eigenvalue weighted by atomic mass is 35.5. The summed E-state index contributed by atoms with van der Waals surface area (Å²) in [5, 5.41) is 16.5. The molecule has 0 spiro atoms. The summed E-state index contributed by atoms with van der Waals surface area (Å²) in [4.78, 5) is 0. The van der Waals surface area contributed by atoms with E-state index in [9.17, 15) is 0 Å². The highest BCUT2D eigenvalue weighted by Gasteiger charge is 2.08. The van der Waals surface area contributed by atoms with Gasteiger partial charge in [-0.15, -0.1) is 5.10 Å². The van der Waals surface area contributed by atoms with Gasteiger partial charge in [-0.2, -0.15) is 10.4 Å². The van der Waals surface area contributed by atoms with Gasteiger partial charge in [0, 0.05) is 0 Å². The first-order chi connectivity index (χ1) is 6.15. The molecule has 1 rings (SSSR count). The summed E-state index contributed by atoms with van der Waals surface area (Å²) in [6.45, 7) is 4.05. The second-order valence-corrected chi connectivity index (χ2v) is 3.43. The Morgan fingerprint density at radius 1 is 1.54 bits per heavy atom. The molecule has 1 heterocycles. The highest BCUT2D eigenvalue weighted by Crippen LogP contribution is 2.21. The molecule has 1 aromatic rings. The Morgan fingerprint density at radius 2 is 2.23 bits per heavy atom. The molecule has 68 valence electrons. The summed E-state index contributed by atoms with van der Waals surface area (Å²) in [6.07, 6.45) is 0.282. The first-order valence-corrected chi connectivity index (χ1v) is 4.42. The standard InChI is InChI=1S/C9H10ClN3/c1-6(2)8-5-7(3-4-11)12-13-9(8)10/h5-6H,3H2,1-2H3. The largest absolute Gasteiger partial charge is 0.198 e. The van der Waals surface area contributed by atoms with E-state index < -0.39 is 0 Å². The summed E-state index contributed by atoms with van der Waals surface area (Å²) in [6, 6.07) is 3.86. The lowest BCUT2D eigenvalue weighted by Gasteiger charge is -2.06. The molecule has 0 fully saturated rings. The van der Waals surface area contributed by atoms with Crippen LogP contribution in [-0.2, 0) is 6.42 Å². The van der Waals surface area contributed by atoms with Crippen molar-refractivity contribution in [3.05, 3.63) is 22.5 Å². The number of rotatable bonds is 2. The summed E-state index contributed by atoms with van der Waals surface area (Å²) < 4.78 is 0. The number of hydrogen-bond acceptors (Lipinski definition) is 3. The molecule has 0 aliphatic rings. The van der Waals surface area contributed by atoms with Crippen LogP contribution in [0.15, 0.2) is 6.07 Å². The lowest BCUT2D eigenvalue weighted by Crippen LogP contribution is -1.98. The van der Waals surface area contributed by atoms with E-state index in [1.807, 2.05) is 26.0 Å². The zero-order valence-electron chi connectivity index (χ0n) is 7.58. The Labute approximate surface area is 82.4 Å². The molecule has 0 unspecified atom stereocenters. The van der Waals surface area contributed by atoms with Crippen LogP contribution in [0, 0.1) is 11.3 Å². The molecule has 1 aromatic heterocycles. The predicted molar refractivity (Wildman–Crippen MR) is 50.4 cm³/mol. The van der Waals surface area contributed by atoms with Crippen LogP contribution in [0.25, 0.3) is 0 Å². The topological polar surface area (TPSA) is 49.6 Å². The van der Waals surface area contributed by atoms with Gasteiger partial charge in [0.15, 0.2) is 5.15 Å². The maximum Gasteiger partial charge on any atom is 0.155 e. The van der Waals surface area contributed by atoms with Gasteiger partial charge in [0.2, 0.25) is 0 Å². The molecule has 0 amide bonds. The number of nitrogens with zero attached hydrogens (tertiary/aromatic N) is 3. The van der Waals surface area contributed by atoms with Crippen molar-refractivity contribution in [2.24, 2.45) is 0 Å². The van der Waals surface area contributed by atoms with E-state index in [2.05, 4.69) is 10.2 Å². The van der Waals surface area contributed by atoms with Crippen molar-refractivity contribution in [2.75, 3.05) is 0 Å². The van der Waals surface area contributed by atoms with Crippen molar-refractivity contribution < 1.29 is 0 Å². The van der Waals surface area contributed by atoms with Gasteiger partial charge in [0.25, 0.3) is 0 Å². The smallest absolute Gasteiger partial charge is 0.155 e. The maximum absolute atomic E-state index is 8.47. The van der Waals surface area contributed by atoms with E-state index in [-0.39, 0.29) is 6.42 Å². The Kier molecular flexibility index (Phi) is 3.21. The maximum atomic E-state index is 8.47. The Morgan fingerprint density at radius 3 is 2.77 bits per heavy atom. The molecule has 4 heteroatoms. The third kappa shape index (κ3) is 2.40. The van der Waals surface area contributed by atoms with Gasteiger partial charge in [-0.3, -0.25) is 0 Å². The molecular weight excluding hydrogens is 186 g/mol. The minimum atomic E-state index is 0.282. The van der Waals surface area contributed by atoms with E-state index in [1.165, 1.54) is 0 Å². The minimum absolute atomic E-state index is 0.282. The number of aromatic nitrogens is 2. The fourth-order valence-electron chi connectivity index (χ4n) is 1.01. The lowest BCUT2D eigenvalue weighted by molar-refractivity contribution is 0.827. The van der Waals surface area contributed by atoms with Crippen molar-refractivity contribution >= 4 is 11.6 Å². The average Bonchev–Trinajstić information content (AvgIpc) is 2.08. The van der Waals surface area contributed by atoms with E-state index in [0.29, 0.717) is 16.8 Å². The monoisotopic (exact) mass is 195 g/mol. The molecule has 0 saturated heterocycles. The highest BCUT2D eigenvalue weighted by molar-refractivity contribution is 6.30. The van der Waals surface area contributed by atoms with Crippen LogP contribution in [0.3, 0.4) is 0 Å². The van der Waals surface area contributed by atoms with Crippen LogP contribution in [0.1, 0.15) is 31.0 Å². The van der Waals surface area contributed by atoms with Crippen LogP contribution in [0.4, 0.5) is 0 Å². The molecular formula is C9H10ClN3. The van der Waals surface area contributed by atoms with Crippen LogP contribution < -0.4 is 0 Å². The SMILES string of the molecule is CC(C)c1cc(CC#N)nnc1Cl. The minimum Gasteiger partial charge on any atom is -0.198 e. The Balaban J connectivity index is 3.05. The molecule has 0 aromatic carbocycles.